The Morgan fingerprint density at radius 1 is 1.00 bits per heavy atom. The molecule has 25 heavy (non-hydrogen) atoms. The summed E-state index contributed by atoms with van der Waals surface area (Å²) in [5, 5.41) is 0. The number of methoxy groups -OCH3 is 1. The van der Waals surface area contributed by atoms with Gasteiger partial charge < -0.3 is 4.74 Å². The van der Waals surface area contributed by atoms with Crippen molar-refractivity contribution in [3.63, 3.8) is 0 Å². The molecule has 1 aliphatic rings. The predicted octanol–water partition coefficient (Wildman–Crippen LogP) is 4.15. The summed E-state index contributed by atoms with van der Waals surface area (Å²) in [4.78, 5) is 0.427. The number of hydrogen-bond donors (Lipinski definition) is 0. The minimum atomic E-state index is -3.52. The molecule has 0 aliphatic carbocycles. The van der Waals surface area contributed by atoms with Crippen LogP contribution in [0.1, 0.15) is 41.1 Å². The maximum absolute atomic E-state index is 13.3. The van der Waals surface area contributed by atoms with Gasteiger partial charge in [-0.1, -0.05) is 18.2 Å². The van der Waals surface area contributed by atoms with E-state index in [0.29, 0.717) is 11.4 Å². The van der Waals surface area contributed by atoms with E-state index >= 15 is 0 Å². The molecule has 1 fully saturated rings. The van der Waals surface area contributed by atoms with Crippen molar-refractivity contribution in [2.45, 2.75) is 44.6 Å². The van der Waals surface area contributed by atoms with Crippen molar-refractivity contribution in [1.29, 1.82) is 0 Å². The SMILES string of the molecule is COc1ccc([C@H]2CCCN2S(=O)(=O)c2cc(C)c(C)cc2C)cc1. The van der Waals surface area contributed by atoms with Crippen molar-refractivity contribution in [2.75, 3.05) is 13.7 Å². The van der Waals surface area contributed by atoms with Gasteiger partial charge in [-0.05, 0) is 74.1 Å². The lowest BCUT2D eigenvalue weighted by Gasteiger charge is -2.26. The zero-order valence-corrected chi connectivity index (χ0v) is 16.1. The van der Waals surface area contributed by atoms with Gasteiger partial charge in [-0.3, -0.25) is 0 Å². The molecule has 0 N–H and O–H groups in total. The van der Waals surface area contributed by atoms with Gasteiger partial charge in [0.25, 0.3) is 0 Å². The molecule has 3 rings (SSSR count). The van der Waals surface area contributed by atoms with E-state index in [-0.39, 0.29) is 6.04 Å². The van der Waals surface area contributed by atoms with E-state index in [2.05, 4.69) is 0 Å². The first-order valence-electron chi connectivity index (χ1n) is 8.58. The lowest BCUT2D eigenvalue weighted by Crippen LogP contribution is -2.31. The molecule has 0 spiro atoms. The fraction of sp³-hybridized carbons (Fsp3) is 0.400. The normalized spacial score (nSPS) is 18.5. The maximum atomic E-state index is 13.3. The van der Waals surface area contributed by atoms with Gasteiger partial charge in [0.05, 0.1) is 18.0 Å². The van der Waals surface area contributed by atoms with Gasteiger partial charge in [-0.2, -0.15) is 4.31 Å². The van der Waals surface area contributed by atoms with E-state index in [1.165, 1.54) is 0 Å². The Labute approximate surface area is 150 Å². The zero-order valence-electron chi connectivity index (χ0n) is 15.2. The summed E-state index contributed by atoms with van der Waals surface area (Å²) in [5.74, 6) is 0.779. The van der Waals surface area contributed by atoms with Crippen LogP contribution in [0.5, 0.6) is 5.75 Å². The van der Waals surface area contributed by atoms with E-state index in [0.717, 1.165) is 40.8 Å². The molecule has 2 aromatic carbocycles. The van der Waals surface area contributed by atoms with Gasteiger partial charge >= 0.3 is 0 Å². The first-order chi connectivity index (χ1) is 11.8. The highest BCUT2D eigenvalue weighted by Gasteiger charge is 2.37. The molecule has 1 atom stereocenters. The summed E-state index contributed by atoms with van der Waals surface area (Å²) in [5.41, 5.74) is 3.95. The highest BCUT2D eigenvalue weighted by molar-refractivity contribution is 7.89. The topological polar surface area (TPSA) is 46.6 Å². The molecule has 0 unspecified atom stereocenters. The minimum absolute atomic E-state index is 0.114. The van der Waals surface area contributed by atoms with Gasteiger partial charge in [0.15, 0.2) is 0 Å². The number of aryl methyl sites for hydroxylation is 3. The lowest BCUT2D eigenvalue weighted by atomic mass is 10.1. The monoisotopic (exact) mass is 359 g/mol. The molecule has 2 aromatic rings. The predicted molar refractivity (Wildman–Crippen MR) is 99.5 cm³/mol. The number of hydrogen-bond acceptors (Lipinski definition) is 3. The van der Waals surface area contributed by atoms with Crippen LogP contribution in [0.4, 0.5) is 0 Å². The second-order valence-corrected chi connectivity index (χ2v) is 8.61. The van der Waals surface area contributed by atoms with Crippen LogP contribution in [0.25, 0.3) is 0 Å². The summed E-state index contributed by atoms with van der Waals surface area (Å²) in [7, 11) is -1.89. The molecule has 0 amide bonds. The molecule has 5 heteroatoms. The van der Waals surface area contributed by atoms with E-state index < -0.39 is 10.0 Å². The maximum Gasteiger partial charge on any atom is 0.243 e. The third-order valence-corrected chi connectivity index (χ3v) is 7.13. The van der Waals surface area contributed by atoms with E-state index in [4.69, 9.17) is 4.74 Å². The Hall–Kier alpha value is -1.85. The Morgan fingerprint density at radius 2 is 1.64 bits per heavy atom. The zero-order chi connectivity index (χ0) is 18.2. The smallest absolute Gasteiger partial charge is 0.243 e. The van der Waals surface area contributed by atoms with E-state index in [1.54, 1.807) is 11.4 Å². The highest BCUT2D eigenvalue weighted by Crippen LogP contribution is 2.38. The number of sulfonamides is 1. The van der Waals surface area contributed by atoms with E-state index in [9.17, 15) is 8.42 Å². The van der Waals surface area contributed by atoms with Crippen LogP contribution in [0.2, 0.25) is 0 Å². The van der Waals surface area contributed by atoms with Crippen molar-refractivity contribution in [2.24, 2.45) is 0 Å². The molecule has 1 aliphatic heterocycles. The first-order valence-corrected chi connectivity index (χ1v) is 10.0. The molecular formula is C20H25NO3S. The fourth-order valence-electron chi connectivity index (χ4n) is 3.53. The van der Waals surface area contributed by atoms with Crippen molar-refractivity contribution in [1.82, 2.24) is 4.31 Å². The molecule has 0 radical (unpaired) electrons. The van der Waals surface area contributed by atoms with Crippen LogP contribution >= 0.6 is 0 Å². The van der Waals surface area contributed by atoms with Crippen LogP contribution in [-0.2, 0) is 10.0 Å². The minimum Gasteiger partial charge on any atom is -0.497 e. The highest BCUT2D eigenvalue weighted by atomic mass is 32.2. The van der Waals surface area contributed by atoms with E-state index in [1.807, 2.05) is 57.2 Å². The van der Waals surface area contributed by atoms with Crippen molar-refractivity contribution in [3.8, 4) is 5.75 Å². The summed E-state index contributed by atoms with van der Waals surface area (Å²) in [6, 6.07) is 11.4. The van der Waals surface area contributed by atoms with Gasteiger partial charge in [-0.25, -0.2) is 8.42 Å². The van der Waals surface area contributed by atoms with Gasteiger partial charge in [-0.15, -0.1) is 0 Å². The number of rotatable bonds is 4. The largest absolute Gasteiger partial charge is 0.497 e. The average molecular weight is 359 g/mol. The average Bonchev–Trinajstić information content (AvgIpc) is 3.08. The van der Waals surface area contributed by atoms with Gasteiger partial charge in [0.2, 0.25) is 10.0 Å². The quantitative estimate of drug-likeness (QED) is 0.824. The Bertz CT molecular complexity index is 873. The second kappa shape index (κ2) is 6.81. The molecule has 1 heterocycles. The van der Waals surface area contributed by atoms with Crippen LogP contribution in [0.15, 0.2) is 41.3 Å². The van der Waals surface area contributed by atoms with Crippen LogP contribution in [0.3, 0.4) is 0 Å². The summed E-state index contributed by atoms with van der Waals surface area (Å²) in [6.45, 7) is 6.40. The van der Waals surface area contributed by atoms with Gasteiger partial charge in [0, 0.05) is 6.54 Å². The number of nitrogens with zero attached hydrogens (tertiary/aromatic N) is 1. The molecule has 0 aromatic heterocycles. The lowest BCUT2D eigenvalue weighted by molar-refractivity contribution is 0.394. The first kappa shape index (κ1) is 18.0. The van der Waals surface area contributed by atoms with Crippen LogP contribution in [0, 0.1) is 20.8 Å². The third kappa shape index (κ3) is 3.31. The Morgan fingerprint density at radius 3 is 2.28 bits per heavy atom. The Balaban J connectivity index is 1.99. The third-order valence-electron chi connectivity index (χ3n) is 5.08. The van der Waals surface area contributed by atoms with Crippen LogP contribution in [-0.4, -0.2) is 26.4 Å². The summed E-state index contributed by atoms with van der Waals surface area (Å²) in [6.07, 6.45) is 1.72. The van der Waals surface area contributed by atoms with Crippen molar-refractivity contribution < 1.29 is 13.2 Å². The van der Waals surface area contributed by atoms with Crippen LogP contribution < -0.4 is 4.74 Å². The second-order valence-electron chi connectivity index (χ2n) is 6.75. The number of benzene rings is 2. The molecular weight excluding hydrogens is 334 g/mol. The van der Waals surface area contributed by atoms with Crippen molar-refractivity contribution in [3.05, 3.63) is 58.7 Å². The molecule has 4 nitrogen and oxygen atoms in total. The standard InChI is InChI=1S/C20H25NO3S/c1-14-12-16(3)20(13-15(14)2)25(22,23)21-11-5-6-19(21)17-7-9-18(24-4)10-8-17/h7-10,12-13,19H,5-6,11H2,1-4H3/t19-/m1/s1. The number of ether oxygens (including phenoxy) is 1. The Kier molecular flexibility index (Phi) is 4.89. The summed E-state index contributed by atoms with van der Waals surface area (Å²) >= 11 is 0. The van der Waals surface area contributed by atoms with Gasteiger partial charge in [0.1, 0.15) is 5.75 Å². The molecule has 0 bridgehead atoms. The fourth-order valence-corrected chi connectivity index (χ4v) is 5.50. The summed E-state index contributed by atoms with van der Waals surface area (Å²) < 4.78 is 33.5. The molecule has 134 valence electrons. The van der Waals surface area contributed by atoms with Crippen molar-refractivity contribution >= 4 is 10.0 Å². The molecule has 1 saturated heterocycles. The molecule has 0 saturated carbocycles.